The number of carbonyl (C=O) groups excluding carboxylic acids is 2. The minimum absolute atomic E-state index is 0.00471. The van der Waals surface area contributed by atoms with Gasteiger partial charge >= 0.3 is 0 Å². The van der Waals surface area contributed by atoms with E-state index in [2.05, 4.69) is 15.3 Å². The maximum Gasteiger partial charge on any atom is 0.255 e. The van der Waals surface area contributed by atoms with Crippen molar-refractivity contribution >= 4 is 11.8 Å². The number of aromatic nitrogens is 2. The first kappa shape index (κ1) is 19.9. The number of hydrogen-bond acceptors (Lipinski definition) is 3. The number of carbonyl (C=O) groups is 2. The molecule has 1 aliphatic rings. The number of aryl methyl sites for hydroxylation is 1. The monoisotopic (exact) mass is 402 g/mol. The summed E-state index contributed by atoms with van der Waals surface area (Å²) in [4.78, 5) is 35.0. The quantitative estimate of drug-likeness (QED) is 0.638. The van der Waals surface area contributed by atoms with E-state index in [-0.39, 0.29) is 11.8 Å². The first-order valence-electron chi connectivity index (χ1n) is 10.2. The Hall–Kier alpha value is -3.41. The molecule has 1 aliphatic heterocycles. The van der Waals surface area contributed by atoms with E-state index in [1.165, 1.54) is 0 Å². The summed E-state index contributed by atoms with van der Waals surface area (Å²) in [5, 5.41) is 3.09. The lowest BCUT2D eigenvalue weighted by Crippen LogP contribution is -2.65. The summed E-state index contributed by atoms with van der Waals surface area (Å²) in [7, 11) is 0. The SMILES string of the molecule is Cc1[nH]ccc1C(=O)N1CC(Cc2ccccc2)(C(=O)NCCc2cccnc2)C1. The molecule has 154 valence electrons. The van der Waals surface area contributed by atoms with Crippen molar-refractivity contribution in [3.63, 3.8) is 0 Å². The highest BCUT2D eigenvalue weighted by Gasteiger charge is 2.51. The Morgan fingerprint density at radius 1 is 1.10 bits per heavy atom. The molecule has 0 saturated carbocycles. The second kappa shape index (κ2) is 8.53. The molecule has 0 unspecified atom stereocenters. The van der Waals surface area contributed by atoms with Crippen LogP contribution in [0.4, 0.5) is 0 Å². The number of aromatic amines is 1. The molecule has 3 aromatic rings. The van der Waals surface area contributed by atoms with E-state index in [0.29, 0.717) is 31.6 Å². The van der Waals surface area contributed by atoms with Gasteiger partial charge in [0, 0.05) is 43.9 Å². The molecule has 1 saturated heterocycles. The second-order valence-corrected chi connectivity index (χ2v) is 7.99. The van der Waals surface area contributed by atoms with Crippen LogP contribution in [0.15, 0.2) is 67.1 Å². The third-order valence-corrected chi connectivity index (χ3v) is 5.75. The lowest BCUT2D eigenvalue weighted by molar-refractivity contribution is -0.139. The maximum absolute atomic E-state index is 13.2. The van der Waals surface area contributed by atoms with Crippen LogP contribution in [0, 0.1) is 12.3 Å². The molecule has 2 aromatic heterocycles. The molecule has 2 amide bonds. The molecule has 1 aromatic carbocycles. The summed E-state index contributed by atoms with van der Waals surface area (Å²) in [6.07, 6.45) is 6.66. The number of nitrogens with one attached hydrogen (secondary N) is 2. The summed E-state index contributed by atoms with van der Waals surface area (Å²) < 4.78 is 0. The Morgan fingerprint density at radius 3 is 2.53 bits per heavy atom. The Morgan fingerprint density at radius 2 is 1.87 bits per heavy atom. The number of benzene rings is 1. The fraction of sp³-hybridized carbons (Fsp3) is 0.292. The van der Waals surface area contributed by atoms with Crippen molar-refractivity contribution in [1.29, 1.82) is 0 Å². The zero-order valence-electron chi connectivity index (χ0n) is 17.1. The van der Waals surface area contributed by atoms with E-state index in [1.54, 1.807) is 23.4 Å². The van der Waals surface area contributed by atoms with Crippen molar-refractivity contribution in [2.45, 2.75) is 19.8 Å². The third-order valence-electron chi connectivity index (χ3n) is 5.75. The highest BCUT2D eigenvalue weighted by Crippen LogP contribution is 2.36. The molecule has 0 spiro atoms. The number of H-pyrrole nitrogens is 1. The van der Waals surface area contributed by atoms with Crippen molar-refractivity contribution in [1.82, 2.24) is 20.2 Å². The largest absolute Gasteiger partial charge is 0.365 e. The normalized spacial score (nSPS) is 14.8. The first-order valence-corrected chi connectivity index (χ1v) is 10.2. The molecule has 3 heterocycles. The minimum atomic E-state index is -0.601. The van der Waals surface area contributed by atoms with Crippen LogP contribution >= 0.6 is 0 Å². The Kier molecular flexibility index (Phi) is 5.65. The smallest absolute Gasteiger partial charge is 0.255 e. The topological polar surface area (TPSA) is 78.1 Å². The second-order valence-electron chi connectivity index (χ2n) is 7.99. The molecule has 6 nitrogen and oxygen atoms in total. The van der Waals surface area contributed by atoms with Gasteiger partial charge in [0.25, 0.3) is 5.91 Å². The number of nitrogens with zero attached hydrogens (tertiary/aromatic N) is 2. The molecule has 0 radical (unpaired) electrons. The maximum atomic E-state index is 13.2. The van der Waals surface area contributed by atoms with E-state index < -0.39 is 5.41 Å². The van der Waals surface area contributed by atoms with Gasteiger partial charge in [-0.3, -0.25) is 14.6 Å². The fourth-order valence-electron chi connectivity index (χ4n) is 4.06. The number of amides is 2. The van der Waals surface area contributed by atoms with Crippen molar-refractivity contribution < 1.29 is 9.59 Å². The van der Waals surface area contributed by atoms with Gasteiger partial charge in [-0.2, -0.15) is 0 Å². The molecular formula is C24H26N4O2. The average Bonchev–Trinajstić information content (AvgIpc) is 3.17. The molecule has 4 rings (SSSR count). The van der Waals surface area contributed by atoms with Gasteiger partial charge < -0.3 is 15.2 Å². The summed E-state index contributed by atoms with van der Waals surface area (Å²) in [5.74, 6) is -0.0225. The van der Waals surface area contributed by atoms with Crippen LogP contribution in [0.2, 0.25) is 0 Å². The molecule has 0 aliphatic carbocycles. The van der Waals surface area contributed by atoms with Crippen LogP contribution < -0.4 is 5.32 Å². The molecule has 0 atom stereocenters. The van der Waals surface area contributed by atoms with Gasteiger partial charge in [-0.1, -0.05) is 36.4 Å². The summed E-state index contributed by atoms with van der Waals surface area (Å²) >= 11 is 0. The van der Waals surface area contributed by atoms with Crippen LogP contribution in [0.3, 0.4) is 0 Å². The molecule has 30 heavy (non-hydrogen) atoms. The van der Waals surface area contributed by atoms with Crippen molar-refractivity contribution in [2.24, 2.45) is 5.41 Å². The van der Waals surface area contributed by atoms with Crippen LogP contribution in [0.25, 0.3) is 0 Å². The predicted octanol–water partition coefficient (Wildman–Crippen LogP) is 2.76. The van der Waals surface area contributed by atoms with Gasteiger partial charge in [0.1, 0.15) is 0 Å². The van der Waals surface area contributed by atoms with Crippen LogP contribution in [-0.2, 0) is 17.6 Å². The molecular weight excluding hydrogens is 376 g/mol. The lowest BCUT2D eigenvalue weighted by Gasteiger charge is -2.49. The number of likely N-dealkylation sites (tertiary alicyclic amines) is 1. The number of hydrogen-bond donors (Lipinski definition) is 2. The van der Waals surface area contributed by atoms with Crippen LogP contribution in [0.1, 0.15) is 27.2 Å². The van der Waals surface area contributed by atoms with Crippen molar-refractivity contribution in [3.8, 4) is 0 Å². The zero-order chi connectivity index (χ0) is 21.0. The number of pyridine rings is 1. The fourth-order valence-corrected chi connectivity index (χ4v) is 4.06. The Bertz CT molecular complexity index is 1010. The van der Waals surface area contributed by atoms with Crippen molar-refractivity contribution in [2.75, 3.05) is 19.6 Å². The molecule has 6 heteroatoms. The van der Waals surface area contributed by atoms with Gasteiger partial charge in [0.2, 0.25) is 5.91 Å². The summed E-state index contributed by atoms with van der Waals surface area (Å²) in [6, 6.07) is 15.7. The van der Waals surface area contributed by atoms with Crippen molar-refractivity contribution in [3.05, 3.63) is 89.5 Å². The Labute approximate surface area is 176 Å². The van der Waals surface area contributed by atoms with Gasteiger partial charge in [-0.25, -0.2) is 0 Å². The average molecular weight is 402 g/mol. The van der Waals surface area contributed by atoms with E-state index in [1.807, 2.05) is 55.6 Å². The number of rotatable bonds is 7. The summed E-state index contributed by atoms with van der Waals surface area (Å²) in [6.45, 7) is 3.27. The zero-order valence-corrected chi connectivity index (χ0v) is 17.1. The molecule has 2 N–H and O–H groups in total. The van der Waals surface area contributed by atoms with E-state index in [9.17, 15) is 9.59 Å². The standard InChI is InChI=1S/C24H26N4O2/c1-18-21(10-13-26-18)22(29)28-16-24(17-28,14-19-6-3-2-4-7-19)23(30)27-12-9-20-8-5-11-25-15-20/h2-8,10-11,13,15,26H,9,12,14,16-17H2,1H3,(H,27,30). The van der Waals surface area contributed by atoms with Gasteiger partial charge in [0.15, 0.2) is 0 Å². The third kappa shape index (κ3) is 4.13. The van der Waals surface area contributed by atoms with Gasteiger partial charge in [-0.05, 0) is 43.0 Å². The Balaban J connectivity index is 1.44. The van der Waals surface area contributed by atoms with Gasteiger partial charge in [-0.15, -0.1) is 0 Å². The van der Waals surface area contributed by atoms with Crippen LogP contribution in [0.5, 0.6) is 0 Å². The summed E-state index contributed by atoms with van der Waals surface area (Å²) in [5.41, 5.74) is 3.10. The van der Waals surface area contributed by atoms with E-state index in [0.717, 1.165) is 23.2 Å². The molecule has 0 bridgehead atoms. The highest BCUT2D eigenvalue weighted by molar-refractivity contribution is 5.98. The minimum Gasteiger partial charge on any atom is -0.365 e. The lowest BCUT2D eigenvalue weighted by atomic mass is 9.73. The van der Waals surface area contributed by atoms with E-state index in [4.69, 9.17) is 0 Å². The van der Waals surface area contributed by atoms with E-state index >= 15 is 0 Å². The first-order chi connectivity index (χ1) is 14.6. The molecule has 1 fully saturated rings. The van der Waals surface area contributed by atoms with Gasteiger partial charge in [0.05, 0.1) is 11.0 Å². The van der Waals surface area contributed by atoms with Crippen LogP contribution in [-0.4, -0.2) is 46.3 Å². The predicted molar refractivity (Wildman–Crippen MR) is 115 cm³/mol. The highest BCUT2D eigenvalue weighted by atomic mass is 16.2.